The van der Waals surface area contributed by atoms with Crippen molar-refractivity contribution in [1.29, 1.82) is 0 Å². The van der Waals surface area contributed by atoms with Gasteiger partial charge in [-0.2, -0.15) is 0 Å². The lowest BCUT2D eigenvalue weighted by molar-refractivity contribution is -0.159. The van der Waals surface area contributed by atoms with E-state index in [0.29, 0.717) is 16.7 Å². The number of cyclic esters (lactones) is 1. The van der Waals surface area contributed by atoms with Gasteiger partial charge >= 0.3 is 17.9 Å². The molecule has 3 aliphatic rings. The zero-order chi connectivity index (χ0) is 40.0. The van der Waals surface area contributed by atoms with E-state index in [1.807, 2.05) is 60.7 Å². The molecule has 0 aromatic heterocycles. The van der Waals surface area contributed by atoms with Crippen molar-refractivity contribution in [2.75, 3.05) is 19.8 Å². The average Bonchev–Trinajstić information content (AvgIpc) is 3.72. The number of hydrogen-bond acceptors (Lipinski definition) is 12. The van der Waals surface area contributed by atoms with Crippen LogP contribution in [0.25, 0.3) is 6.08 Å². The van der Waals surface area contributed by atoms with E-state index in [1.165, 1.54) is 19.1 Å². The molecule has 3 aromatic rings. The Morgan fingerprint density at radius 3 is 2.18 bits per heavy atom. The summed E-state index contributed by atoms with van der Waals surface area (Å²) < 4.78 is 30.1. The van der Waals surface area contributed by atoms with Crippen LogP contribution in [0.1, 0.15) is 54.2 Å². The van der Waals surface area contributed by atoms with Gasteiger partial charge in [-0.3, -0.25) is 9.59 Å². The second-order valence-corrected chi connectivity index (χ2v) is 14.4. The molecule has 294 valence electrons. The maximum absolute atomic E-state index is 14.1. The van der Waals surface area contributed by atoms with Crippen LogP contribution in [0.15, 0.2) is 103 Å². The number of ether oxygens (including phenoxy) is 5. The van der Waals surface area contributed by atoms with Crippen molar-refractivity contribution in [3.63, 3.8) is 0 Å². The van der Waals surface area contributed by atoms with Gasteiger partial charge in [-0.25, -0.2) is 14.4 Å². The van der Waals surface area contributed by atoms with Crippen LogP contribution in [0.5, 0.6) is 0 Å². The summed E-state index contributed by atoms with van der Waals surface area (Å²) in [6.45, 7) is 4.52. The van der Waals surface area contributed by atoms with Crippen LogP contribution in [0.3, 0.4) is 0 Å². The molecule has 56 heavy (non-hydrogen) atoms. The van der Waals surface area contributed by atoms with Gasteiger partial charge in [0.2, 0.25) is 23.7 Å². The van der Waals surface area contributed by atoms with E-state index in [2.05, 4.69) is 10.6 Å². The number of aliphatic hydroxyl groups is 2. The largest absolute Gasteiger partial charge is 0.462 e. The molecule has 4 N–H and O–H groups in total. The number of rotatable bonds is 13. The first kappa shape index (κ1) is 40.0. The molecule has 14 nitrogen and oxygen atoms in total. The zero-order valence-corrected chi connectivity index (χ0v) is 31.1. The SMILES string of the molecule is C[C@H](O)[C@@H](NC(=O)C1=C[C@H]2OC(c3ccccc3)(c3ccccc3)O[C@H]2[C@H](OC(=O)c2ccccc2C=CC(=O)O[C@H]2C(=O)OCC2(C)C)C1)C(=O)NCCO. The van der Waals surface area contributed by atoms with Crippen molar-refractivity contribution >= 4 is 35.8 Å². The van der Waals surface area contributed by atoms with Crippen molar-refractivity contribution in [3.05, 3.63) is 125 Å². The van der Waals surface area contributed by atoms with Gasteiger partial charge < -0.3 is 44.5 Å². The van der Waals surface area contributed by atoms with E-state index in [0.717, 1.165) is 6.08 Å². The highest BCUT2D eigenvalue weighted by Gasteiger charge is 2.55. The first-order valence-electron chi connectivity index (χ1n) is 18.2. The van der Waals surface area contributed by atoms with Crippen molar-refractivity contribution < 1.29 is 57.9 Å². The van der Waals surface area contributed by atoms with E-state index in [-0.39, 0.29) is 37.3 Å². The fourth-order valence-corrected chi connectivity index (χ4v) is 6.80. The van der Waals surface area contributed by atoms with Crippen LogP contribution in [0, 0.1) is 5.41 Å². The summed E-state index contributed by atoms with van der Waals surface area (Å²) >= 11 is 0. The number of nitrogens with one attached hydrogen (secondary N) is 2. The summed E-state index contributed by atoms with van der Waals surface area (Å²) in [5.41, 5.74) is 1.09. The normalized spacial score (nSPS) is 23.2. The van der Waals surface area contributed by atoms with Gasteiger partial charge in [0.1, 0.15) is 31.0 Å². The van der Waals surface area contributed by atoms with Crippen molar-refractivity contribution in [2.45, 2.75) is 69.5 Å². The lowest BCUT2D eigenvalue weighted by Crippen LogP contribution is -2.54. The number of carbonyl (C=O) groups excluding carboxylic acids is 5. The molecule has 2 saturated heterocycles. The van der Waals surface area contributed by atoms with Gasteiger partial charge in [0.15, 0.2) is 0 Å². The predicted molar refractivity (Wildman–Crippen MR) is 199 cm³/mol. The molecular weight excluding hydrogens is 724 g/mol. The summed E-state index contributed by atoms with van der Waals surface area (Å²) in [5, 5.41) is 24.6. The van der Waals surface area contributed by atoms with Gasteiger partial charge in [0.05, 0.1) is 18.3 Å². The molecule has 0 unspecified atom stereocenters. The molecule has 0 radical (unpaired) electrons. The Bertz CT molecular complexity index is 1950. The Morgan fingerprint density at radius 1 is 0.929 bits per heavy atom. The van der Waals surface area contributed by atoms with Crippen molar-refractivity contribution in [1.82, 2.24) is 10.6 Å². The molecular formula is C42H44N2O12. The standard InChI is InChI=1S/C42H44N2O12/c1-25(46)34(38(49)43-20-21-45)44-37(48)27-22-31(35-32(23-27)55-42(56-35,28-13-6-4-7-14-28)29-15-8-5-9-16-29)53-39(50)30-17-11-10-12-26(30)18-19-33(47)54-36-40(51)52-24-41(36,2)3/h4-19,23,25,31-32,34-36,45-46H,20-22,24H2,1-3H3,(H,43,49)(H,44,48)/t25-,31+,32+,34+,35-,36-/m0/s1. The van der Waals surface area contributed by atoms with Gasteiger partial charge in [-0.05, 0) is 30.7 Å². The molecule has 2 amide bonds. The zero-order valence-electron chi connectivity index (χ0n) is 31.1. The third-order valence-corrected chi connectivity index (χ3v) is 9.73. The Morgan fingerprint density at radius 2 is 1.57 bits per heavy atom. The minimum absolute atomic E-state index is 0.0835. The maximum Gasteiger partial charge on any atom is 0.348 e. The predicted octanol–water partition coefficient (Wildman–Crippen LogP) is 2.71. The van der Waals surface area contributed by atoms with Crippen LogP contribution in [-0.2, 0) is 48.6 Å². The van der Waals surface area contributed by atoms with Crippen LogP contribution < -0.4 is 10.6 Å². The lowest BCUT2D eigenvalue weighted by atomic mass is 9.90. The average molecular weight is 769 g/mol. The Balaban J connectivity index is 1.30. The first-order chi connectivity index (χ1) is 26.8. The first-order valence-corrected chi connectivity index (χ1v) is 18.2. The Kier molecular flexibility index (Phi) is 12.1. The number of aliphatic hydroxyl groups excluding tert-OH is 2. The van der Waals surface area contributed by atoms with Gasteiger partial charge in [-0.15, -0.1) is 0 Å². The number of esters is 3. The Labute approximate surface area is 323 Å². The summed E-state index contributed by atoms with van der Waals surface area (Å²) in [6.07, 6.45) is -1.48. The fraction of sp³-hybridized carbons (Fsp3) is 0.357. The van der Waals surface area contributed by atoms with Crippen LogP contribution in [-0.4, -0.2) is 96.3 Å². The second-order valence-electron chi connectivity index (χ2n) is 14.4. The van der Waals surface area contributed by atoms with E-state index in [1.54, 1.807) is 38.1 Å². The molecule has 6 rings (SSSR count). The van der Waals surface area contributed by atoms with Gasteiger partial charge in [0.25, 0.3) is 0 Å². The molecule has 2 heterocycles. The lowest BCUT2D eigenvalue weighted by Gasteiger charge is -2.32. The monoisotopic (exact) mass is 768 g/mol. The third-order valence-electron chi connectivity index (χ3n) is 9.73. The minimum atomic E-state index is -1.47. The van der Waals surface area contributed by atoms with Crippen molar-refractivity contribution in [2.24, 2.45) is 5.41 Å². The topological polar surface area (TPSA) is 196 Å². The summed E-state index contributed by atoms with van der Waals surface area (Å²) in [7, 11) is 0. The highest BCUT2D eigenvalue weighted by atomic mass is 16.8. The molecule has 1 aliphatic carbocycles. The molecule has 0 spiro atoms. The van der Waals surface area contributed by atoms with Crippen molar-refractivity contribution in [3.8, 4) is 0 Å². The maximum atomic E-state index is 14.1. The van der Waals surface area contributed by atoms with Crippen LogP contribution in [0.4, 0.5) is 0 Å². The number of fused-ring (bicyclic) bond motifs is 1. The molecule has 0 saturated carbocycles. The third kappa shape index (κ3) is 8.58. The number of benzene rings is 3. The molecule has 14 heteroatoms. The van der Waals surface area contributed by atoms with E-state index >= 15 is 0 Å². The van der Waals surface area contributed by atoms with Gasteiger partial charge in [-0.1, -0.05) is 92.7 Å². The van der Waals surface area contributed by atoms with E-state index in [9.17, 15) is 29.1 Å². The molecule has 2 aliphatic heterocycles. The fourth-order valence-electron chi connectivity index (χ4n) is 6.80. The van der Waals surface area contributed by atoms with Crippen LogP contribution >= 0.6 is 0 Å². The molecule has 3 aromatic carbocycles. The quantitative estimate of drug-likeness (QED) is 0.113. The molecule has 0 bridgehead atoms. The number of amides is 2. The van der Waals surface area contributed by atoms with E-state index < -0.39 is 77.5 Å². The smallest absolute Gasteiger partial charge is 0.348 e. The van der Waals surface area contributed by atoms with Gasteiger partial charge in [0, 0.05) is 41.2 Å². The second kappa shape index (κ2) is 17.0. The van der Waals surface area contributed by atoms with E-state index in [4.69, 9.17) is 28.8 Å². The number of hydrogen-bond donors (Lipinski definition) is 4. The summed E-state index contributed by atoms with van der Waals surface area (Å²) in [4.78, 5) is 65.6. The summed E-state index contributed by atoms with van der Waals surface area (Å²) in [6, 6.07) is 23.4. The number of carbonyl (C=O) groups is 5. The molecule has 2 fully saturated rings. The minimum Gasteiger partial charge on any atom is -0.462 e. The summed E-state index contributed by atoms with van der Waals surface area (Å²) in [5.74, 6) is -5.13. The Hall–Kier alpha value is -5.67. The molecule has 6 atom stereocenters. The highest BCUT2D eigenvalue weighted by Crippen LogP contribution is 2.47. The van der Waals surface area contributed by atoms with Crippen LogP contribution in [0.2, 0.25) is 0 Å². The highest BCUT2D eigenvalue weighted by molar-refractivity contribution is 5.98.